The molecule has 1 aliphatic heterocycles. The van der Waals surface area contributed by atoms with Crippen LogP contribution < -0.4 is 4.90 Å². The van der Waals surface area contributed by atoms with E-state index in [4.69, 9.17) is 0 Å². The molecule has 1 aromatic heterocycles. The molecule has 0 fully saturated rings. The maximum absolute atomic E-state index is 12.5. The van der Waals surface area contributed by atoms with Gasteiger partial charge in [-0.15, -0.1) is 23.0 Å². The molecule has 110 valence electrons. The SMILES string of the molecule is C=CCN1C(=O)/C(=N\N=C(\C)c2cccs2)c2ccccc21. The molecular formula is C17H15N3OS. The number of carbonyl (C=O) groups is 1. The Kier molecular flexibility index (Phi) is 3.98. The number of nitrogens with zero attached hydrogens (tertiary/aromatic N) is 3. The zero-order chi connectivity index (χ0) is 15.5. The van der Waals surface area contributed by atoms with Gasteiger partial charge >= 0.3 is 0 Å². The van der Waals surface area contributed by atoms with Gasteiger partial charge in [-0.3, -0.25) is 4.79 Å². The first kappa shape index (κ1) is 14.4. The predicted molar refractivity (Wildman–Crippen MR) is 92.1 cm³/mol. The van der Waals surface area contributed by atoms with Crippen molar-refractivity contribution < 1.29 is 4.79 Å². The molecule has 0 saturated heterocycles. The molecule has 5 heteroatoms. The second-order valence-electron chi connectivity index (χ2n) is 4.83. The Morgan fingerprint density at radius 3 is 2.86 bits per heavy atom. The second kappa shape index (κ2) is 6.07. The Labute approximate surface area is 133 Å². The van der Waals surface area contributed by atoms with Gasteiger partial charge in [-0.25, -0.2) is 0 Å². The molecule has 3 rings (SSSR count). The molecule has 4 nitrogen and oxygen atoms in total. The van der Waals surface area contributed by atoms with Crippen molar-refractivity contribution in [2.24, 2.45) is 10.2 Å². The van der Waals surface area contributed by atoms with E-state index in [1.165, 1.54) is 0 Å². The molecule has 0 radical (unpaired) electrons. The predicted octanol–water partition coefficient (Wildman–Crippen LogP) is 3.49. The van der Waals surface area contributed by atoms with Crippen LogP contribution in [0.5, 0.6) is 0 Å². The molecule has 0 unspecified atom stereocenters. The normalized spacial score (nSPS) is 16.2. The van der Waals surface area contributed by atoms with Crippen molar-refractivity contribution in [2.75, 3.05) is 11.4 Å². The number of anilines is 1. The van der Waals surface area contributed by atoms with Gasteiger partial charge in [0, 0.05) is 12.1 Å². The van der Waals surface area contributed by atoms with E-state index in [0.717, 1.165) is 21.8 Å². The fraction of sp³-hybridized carbons (Fsp3) is 0.118. The van der Waals surface area contributed by atoms with Crippen LogP contribution in [0.4, 0.5) is 5.69 Å². The smallest absolute Gasteiger partial charge is 0.279 e. The molecule has 0 saturated carbocycles. The minimum Gasteiger partial charge on any atom is -0.302 e. The molecule has 0 aliphatic carbocycles. The van der Waals surface area contributed by atoms with Gasteiger partial charge in [-0.2, -0.15) is 5.10 Å². The standard InChI is InChI=1S/C17H15N3OS/c1-3-10-20-14-8-5-4-7-13(14)16(17(20)21)19-18-12(2)15-9-6-11-22-15/h3-9,11H,1,10H2,2H3/b18-12-,19-16-. The third-order valence-electron chi connectivity index (χ3n) is 3.39. The van der Waals surface area contributed by atoms with Gasteiger partial charge in [0.25, 0.3) is 5.91 Å². The van der Waals surface area contributed by atoms with E-state index in [1.54, 1.807) is 22.3 Å². The summed E-state index contributed by atoms with van der Waals surface area (Å²) in [7, 11) is 0. The number of carbonyl (C=O) groups excluding carboxylic acids is 1. The van der Waals surface area contributed by atoms with Crippen LogP contribution in [-0.4, -0.2) is 23.9 Å². The highest BCUT2D eigenvalue weighted by Crippen LogP contribution is 2.29. The van der Waals surface area contributed by atoms with Crippen molar-refractivity contribution in [3.05, 3.63) is 64.9 Å². The van der Waals surface area contributed by atoms with Gasteiger partial charge in [0.1, 0.15) is 0 Å². The number of hydrogen-bond donors (Lipinski definition) is 0. The average molecular weight is 309 g/mol. The maximum Gasteiger partial charge on any atom is 0.279 e. The van der Waals surface area contributed by atoms with Gasteiger partial charge in [0.15, 0.2) is 5.71 Å². The molecule has 0 bridgehead atoms. The first-order valence-electron chi connectivity index (χ1n) is 6.90. The Bertz CT molecular complexity index is 775. The monoisotopic (exact) mass is 309 g/mol. The third kappa shape index (κ3) is 2.51. The van der Waals surface area contributed by atoms with Crippen molar-refractivity contribution in [1.82, 2.24) is 0 Å². The summed E-state index contributed by atoms with van der Waals surface area (Å²) in [4.78, 5) is 15.2. The summed E-state index contributed by atoms with van der Waals surface area (Å²) in [5.74, 6) is -0.135. The molecule has 0 N–H and O–H groups in total. The minimum absolute atomic E-state index is 0.135. The molecule has 1 amide bonds. The van der Waals surface area contributed by atoms with E-state index in [9.17, 15) is 4.79 Å². The Morgan fingerprint density at radius 1 is 1.32 bits per heavy atom. The molecule has 0 atom stereocenters. The largest absolute Gasteiger partial charge is 0.302 e. The minimum atomic E-state index is -0.135. The number of para-hydroxylation sites is 1. The topological polar surface area (TPSA) is 45.0 Å². The van der Waals surface area contributed by atoms with Crippen LogP contribution in [0.1, 0.15) is 17.4 Å². The number of hydrogen-bond acceptors (Lipinski definition) is 4. The lowest BCUT2D eigenvalue weighted by atomic mass is 10.1. The first-order valence-corrected chi connectivity index (χ1v) is 7.78. The summed E-state index contributed by atoms with van der Waals surface area (Å²) in [6.07, 6.45) is 1.71. The molecule has 2 aromatic rings. The van der Waals surface area contributed by atoms with Gasteiger partial charge in [0.2, 0.25) is 0 Å². The van der Waals surface area contributed by atoms with E-state index in [2.05, 4.69) is 16.8 Å². The van der Waals surface area contributed by atoms with Gasteiger partial charge < -0.3 is 4.90 Å². The average Bonchev–Trinajstić information content (AvgIpc) is 3.14. The van der Waals surface area contributed by atoms with E-state index in [1.807, 2.05) is 48.7 Å². The van der Waals surface area contributed by atoms with Crippen molar-refractivity contribution in [3.8, 4) is 0 Å². The number of benzene rings is 1. The third-order valence-corrected chi connectivity index (χ3v) is 4.37. The van der Waals surface area contributed by atoms with Crippen molar-refractivity contribution in [1.29, 1.82) is 0 Å². The highest BCUT2D eigenvalue weighted by atomic mass is 32.1. The Morgan fingerprint density at radius 2 is 2.14 bits per heavy atom. The lowest BCUT2D eigenvalue weighted by molar-refractivity contribution is -0.112. The number of amides is 1. The fourth-order valence-electron chi connectivity index (χ4n) is 2.33. The summed E-state index contributed by atoms with van der Waals surface area (Å²) in [6.45, 7) is 6.06. The summed E-state index contributed by atoms with van der Waals surface area (Å²) in [5.41, 5.74) is 2.86. The van der Waals surface area contributed by atoms with E-state index < -0.39 is 0 Å². The summed E-state index contributed by atoms with van der Waals surface area (Å²) >= 11 is 1.60. The first-order chi connectivity index (χ1) is 10.7. The van der Waals surface area contributed by atoms with Gasteiger partial charge in [-0.1, -0.05) is 30.3 Å². The van der Waals surface area contributed by atoms with Crippen molar-refractivity contribution in [2.45, 2.75) is 6.92 Å². The molecule has 0 spiro atoms. The second-order valence-corrected chi connectivity index (χ2v) is 5.78. The highest BCUT2D eigenvalue weighted by molar-refractivity contribution is 7.12. The van der Waals surface area contributed by atoms with Crippen LogP contribution in [0.2, 0.25) is 0 Å². The van der Waals surface area contributed by atoms with Gasteiger partial charge in [0.05, 0.1) is 16.3 Å². The van der Waals surface area contributed by atoms with Gasteiger partial charge in [-0.05, 0) is 24.4 Å². The fourth-order valence-corrected chi connectivity index (χ4v) is 3.00. The molecule has 1 aliphatic rings. The van der Waals surface area contributed by atoms with Crippen LogP contribution in [-0.2, 0) is 4.79 Å². The van der Waals surface area contributed by atoms with Crippen molar-refractivity contribution in [3.63, 3.8) is 0 Å². The lowest BCUT2D eigenvalue weighted by Crippen LogP contribution is -2.30. The quantitative estimate of drug-likeness (QED) is 0.484. The van der Waals surface area contributed by atoms with Crippen LogP contribution in [0.15, 0.2) is 64.6 Å². The maximum atomic E-state index is 12.5. The Balaban J connectivity index is 2.00. The zero-order valence-electron chi connectivity index (χ0n) is 12.2. The van der Waals surface area contributed by atoms with Crippen LogP contribution >= 0.6 is 11.3 Å². The number of thiophene rings is 1. The summed E-state index contributed by atoms with van der Waals surface area (Å²) in [5, 5.41) is 10.4. The molecular weight excluding hydrogens is 294 g/mol. The van der Waals surface area contributed by atoms with E-state index in [0.29, 0.717) is 12.3 Å². The summed E-state index contributed by atoms with van der Waals surface area (Å²) in [6, 6.07) is 11.6. The Hall–Kier alpha value is -2.53. The zero-order valence-corrected chi connectivity index (χ0v) is 13.0. The molecule has 2 heterocycles. The summed E-state index contributed by atoms with van der Waals surface area (Å²) < 4.78 is 0. The highest BCUT2D eigenvalue weighted by Gasteiger charge is 2.33. The van der Waals surface area contributed by atoms with Crippen LogP contribution in [0, 0.1) is 0 Å². The number of rotatable bonds is 4. The van der Waals surface area contributed by atoms with Crippen LogP contribution in [0.3, 0.4) is 0 Å². The number of fused-ring (bicyclic) bond motifs is 1. The van der Waals surface area contributed by atoms with Crippen LogP contribution in [0.25, 0.3) is 0 Å². The lowest BCUT2D eigenvalue weighted by Gasteiger charge is -2.13. The molecule has 22 heavy (non-hydrogen) atoms. The van der Waals surface area contributed by atoms with Crippen molar-refractivity contribution >= 4 is 34.4 Å². The molecule has 1 aromatic carbocycles. The van der Waals surface area contributed by atoms with E-state index in [-0.39, 0.29) is 5.91 Å². The van der Waals surface area contributed by atoms with E-state index >= 15 is 0 Å².